The van der Waals surface area contributed by atoms with Crippen LogP contribution >= 0.6 is 11.8 Å². The van der Waals surface area contributed by atoms with Crippen molar-refractivity contribution in [2.75, 3.05) is 32.1 Å². The lowest BCUT2D eigenvalue weighted by molar-refractivity contribution is 0.0676. The van der Waals surface area contributed by atoms with Crippen molar-refractivity contribution >= 4 is 17.9 Å². The van der Waals surface area contributed by atoms with Gasteiger partial charge in [0.15, 0.2) is 0 Å². The molecule has 0 aromatic heterocycles. The molecule has 0 radical (unpaired) electrons. The number of hydrogen-bond acceptors (Lipinski definition) is 5. The molecule has 110 valence electrons. The Morgan fingerprint density at radius 3 is 3.10 bits per heavy atom. The summed E-state index contributed by atoms with van der Waals surface area (Å²) < 4.78 is 5.67. The summed E-state index contributed by atoms with van der Waals surface area (Å²) in [6, 6.07) is 0. The zero-order valence-electron chi connectivity index (χ0n) is 11.7. The van der Waals surface area contributed by atoms with E-state index in [4.69, 9.17) is 4.74 Å². The van der Waals surface area contributed by atoms with E-state index in [0.717, 1.165) is 38.5 Å². The molecule has 2 saturated heterocycles. The molecule has 0 saturated carbocycles. The average Bonchev–Trinajstić information content (AvgIpc) is 2.92. The van der Waals surface area contributed by atoms with E-state index in [-0.39, 0.29) is 17.4 Å². The van der Waals surface area contributed by atoms with Crippen LogP contribution in [-0.4, -0.2) is 59.3 Å². The first kappa shape index (κ1) is 13.8. The predicted molar refractivity (Wildman–Crippen MR) is 80.3 cm³/mol. The van der Waals surface area contributed by atoms with Crippen LogP contribution in [0.15, 0.2) is 24.0 Å². The quantitative estimate of drug-likeness (QED) is 0.838. The molecule has 20 heavy (non-hydrogen) atoms. The minimum atomic E-state index is -0.176. The summed E-state index contributed by atoms with van der Waals surface area (Å²) in [6.45, 7) is 5.18. The number of rotatable bonds is 2. The molecule has 1 N–H and O–H groups in total. The second-order valence-electron chi connectivity index (χ2n) is 5.26. The Labute approximate surface area is 124 Å². The van der Waals surface area contributed by atoms with Gasteiger partial charge in [-0.1, -0.05) is 12.2 Å². The number of carbonyl (C=O) groups excluding carboxylic acids is 1. The van der Waals surface area contributed by atoms with Crippen LogP contribution in [-0.2, 0) is 4.74 Å². The van der Waals surface area contributed by atoms with Crippen LogP contribution in [0, 0.1) is 0 Å². The van der Waals surface area contributed by atoms with Crippen molar-refractivity contribution in [3.05, 3.63) is 24.0 Å². The van der Waals surface area contributed by atoms with Crippen molar-refractivity contribution in [2.24, 2.45) is 0 Å². The van der Waals surface area contributed by atoms with Crippen LogP contribution in [0.5, 0.6) is 0 Å². The number of nitrogens with zero attached hydrogens (tertiary/aromatic N) is 2. The minimum Gasteiger partial charge on any atom is -0.445 e. The van der Waals surface area contributed by atoms with Gasteiger partial charge in [-0.2, -0.15) is 0 Å². The summed E-state index contributed by atoms with van der Waals surface area (Å²) in [5.41, 5.74) is 1.29. The fourth-order valence-corrected chi connectivity index (χ4v) is 4.03. The third-order valence-electron chi connectivity index (χ3n) is 3.85. The largest absolute Gasteiger partial charge is 0.445 e. The van der Waals surface area contributed by atoms with Crippen LogP contribution in [0.1, 0.15) is 13.3 Å². The lowest BCUT2D eigenvalue weighted by Crippen LogP contribution is -2.47. The first-order valence-electron chi connectivity index (χ1n) is 7.17. The highest BCUT2D eigenvalue weighted by Gasteiger charge is 2.35. The summed E-state index contributed by atoms with van der Waals surface area (Å²) in [7, 11) is 0. The van der Waals surface area contributed by atoms with Crippen molar-refractivity contribution < 1.29 is 9.53 Å². The monoisotopic (exact) mass is 295 g/mol. The molecule has 5 nitrogen and oxygen atoms in total. The van der Waals surface area contributed by atoms with E-state index < -0.39 is 0 Å². The van der Waals surface area contributed by atoms with Crippen molar-refractivity contribution in [1.82, 2.24) is 15.1 Å². The maximum atomic E-state index is 12.1. The molecule has 0 aliphatic carbocycles. The van der Waals surface area contributed by atoms with Gasteiger partial charge in [-0.15, -0.1) is 11.8 Å². The zero-order chi connectivity index (χ0) is 13.9. The molecule has 3 rings (SSSR count). The maximum absolute atomic E-state index is 12.1. The van der Waals surface area contributed by atoms with E-state index in [2.05, 4.69) is 28.6 Å². The normalized spacial score (nSPS) is 27.1. The molecule has 3 aliphatic heterocycles. The third kappa shape index (κ3) is 2.81. The van der Waals surface area contributed by atoms with Gasteiger partial charge in [0.2, 0.25) is 0 Å². The summed E-state index contributed by atoms with van der Waals surface area (Å²) >= 11 is 1.84. The Bertz CT molecular complexity index is 432. The molecule has 0 spiro atoms. The van der Waals surface area contributed by atoms with Crippen LogP contribution in [0.25, 0.3) is 0 Å². The Morgan fingerprint density at radius 2 is 2.30 bits per heavy atom. The lowest BCUT2D eigenvalue weighted by atomic mass is 10.1. The molecule has 2 unspecified atom stereocenters. The number of amides is 1. The van der Waals surface area contributed by atoms with Crippen LogP contribution in [0.2, 0.25) is 0 Å². The second kappa shape index (κ2) is 6.10. The average molecular weight is 295 g/mol. The zero-order valence-corrected chi connectivity index (χ0v) is 12.6. The van der Waals surface area contributed by atoms with Gasteiger partial charge >= 0.3 is 6.09 Å². The molecule has 0 aromatic rings. The van der Waals surface area contributed by atoms with Gasteiger partial charge < -0.3 is 19.9 Å². The van der Waals surface area contributed by atoms with Gasteiger partial charge in [-0.25, -0.2) is 4.79 Å². The van der Waals surface area contributed by atoms with Gasteiger partial charge in [0.05, 0.1) is 11.1 Å². The Morgan fingerprint density at radius 1 is 1.50 bits per heavy atom. The SMILES string of the molecule is CC(OC(=O)N1CCNCC1)C1SCN2C=CCC=C12. The van der Waals surface area contributed by atoms with E-state index in [0.29, 0.717) is 0 Å². The number of nitrogens with one attached hydrogen (secondary N) is 1. The maximum Gasteiger partial charge on any atom is 0.410 e. The minimum absolute atomic E-state index is 0.0925. The summed E-state index contributed by atoms with van der Waals surface area (Å²) in [4.78, 5) is 16.2. The molecule has 3 aliphatic rings. The van der Waals surface area contributed by atoms with E-state index >= 15 is 0 Å². The molecule has 2 fully saturated rings. The van der Waals surface area contributed by atoms with E-state index in [1.54, 1.807) is 4.90 Å². The number of piperazine rings is 1. The molecule has 3 heterocycles. The summed E-state index contributed by atoms with van der Waals surface area (Å²) in [6.07, 6.45) is 7.23. The first-order valence-corrected chi connectivity index (χ1v) is 8.22. The van der Waals surface area contributed by atoms with Gasteiger partial charge in [0.25, 0.3) is 0 Å². The summed E-state index contributed by atoms with van der Waals surface area (Å²) in [5.74, 6) is 0.947. The third-order valence-corrected chi connectivity index (χ3v) is 5.26. The van der Waals surface area contributed by atoms with Crippen molar-refractivity contribution in [1.29, 1.82) is 0 Å². The van der Waals surface area contributed by atoms with Gasteiger partial charge in [0.1, 0.15) is 6.10 Å². The van der Waals surface area contributed by atoms with Crippen molar-refractivity contribution in [3.8, 4) is 0 Å². The second-order valence-corrected chi connectivity index (χ2v) is 6.36. The molecule has 0 aromatic carbocycles. The number of carbonyl (C=O) groups is 1. The number of hydrogen-bond donors (Lipinski definition) is 1. The standard InChI is InChI=1S/C14H21N3O2S/c1-11(19-14(18)16-8-5-15-6-9-16)13-12-4-2-3-7-17(12)10-20-13/h3-4,7,11,13,15H,2,5-6,8-10H2,1H3. The fourth-order valence-electron chi connectivity index (χ4n) is 2.74. The van der Waals surface area contributed by atoms with Crippen LogP contribution < -0.4 is 5.32 Å². The smallest absolute Gasteiger partial charge is 0.410 e. The van der Waals surface area contributed by atoms with E-state index in [1.807, 2.05) is 18.7 Å². The Balaban J connectivity index is 1.57. The molecule has 1 amide bonds. The van der Waals surface area contributed by atoms with Crippen molar-refractivity contribution in [2.45, 2.75) is 24.7 Å². The van der Waals surface area contributed by atoms with Gasteiger partial charge in [-0.3, -0.25) is 0 Å². The summed E-state index contributed by atoms with van der Waals surface area (Å²) in [5, 5.41) is 3.49. The van der Waals surface area contributed by atoms with Gasteiger partial charge in [0, 0.05) is 38.1 Å². The molecule has 2 atom stereocenters. The van der Waals surface area contributed by atoms with Gasteiger partial charge in [-0.05, 0) is 13.3 Å². The topological polar surface area (TPSA) is 44.8 Å². The number of thioether (sulfide) groups is 1. The number of allylic oxidation sites excluding steroid dienone is 2. The molecule has 0 bridgehead atoms. The lowest BCUT2D eigenvalue weighted by Gasteiger charge is -2.30. The fraction of sp³-hybridized carbons (Fsp3) is 0.643. The van der Waals surface area contributed by atoms with Crippen LogP contribution in [0.4, 0.5) is 4.79 Å². The Hall–Kier alpha value is -1.14. The molecular formula is C14H21N3O2S. The van der Waals surface area contributed by atoms with Crippen LogP contribution in [0.3, 0.4) is 0 Å². The van der Waals surface area contributed by atoms with E-state index in [9.17, 15) is 4.79 Å². The highest BCUT2D eigenvalue weighted by Crippen LogP contribution is 2.37. The molecular weight excluding hydrogens is 274 g/mol. The predicted octanol–water partition coefficient (Wildman–Crippen LogP) is 1.59. The highest BCUT2D eigenvalue weighted by atomic mass is 32.2. The Kier molecular flexibility index (Phi) is 4.21. The number of fused-ring (bicyclic) bond motifs is 1. The van der Waals surface area contributed by atoms with Crippen molar-refractivity contribution in [3.63, 3.8) is 0 Å². The highest BCUT2D eigenvalue weighted by molar-refractivity contribution is 8.00. The molecule has 6 heteroatoms. The first-order chi connectivity index (χ1) is 9.75. The number of ether oxygens (including phenoxy) is 1. The van der Waals surface area contributed by atoms with E-state index in [1.165, 1.54) is 5.70 Å².